The van der Waals surface area contributed by atoms with Crippen molar-refractivity contribution in [2.75, 3.05) is 6.61 Å². The minimum Gasteiger partial charge on any atom is -0.368 e. The molecule has 0 saturated carbocycles. The van der Waals surface area contributed by atoms with Gasteiger partial charge in [-0.05, 0) is 55.4 Å². The van der Waals surface area contributed by atoms with E-state index in [4.69, 9.17) is 15.2 Å². The highest BCUT2D eigenvalue weighted by Gasteiger charge is 2.34. The molecule has 2 N–H and O–H groups in total. The van der Waals surface area contributed by atoms with Crippen molar-refractivity contribution in [1.82, 2.24) is 0 Å². The Bertz CT molecular complexity index is 288. The van der Waals surface area contributed by atoms with Crippen LogP contribution in [0.3, 0.4) is 0 Å². The van der Waals surface area contributed by atoms with Crippen LogP contribution in [-0.4, -0.2) is 35.2 Å². The SMILES string of the molecule is CC(N)C(=O)C(C)(C)OCC(C)(C)OC(C)(C)C. The smallest absolute Gasteiger partial charge is 0.180 e. The number of carbonyl (C=O) groups excluding carboxylic acids is 1. The number of hydrogen-bond acceptors (Lipinski definition) is 4. The molecule has 0 aliphatic heterocycles. The lowest BCUT2D eigenvalue weighted by atomic mass is 9.98. The molecule has 0 heterocycles. The van der Waals surface area contributed by atoms with Gasteiger partial charge in [0.05, 0.1) is 23.9 Å². The van der Waals surface area contributed by atoms with Crippen LogP contribution in [-0.2, 0) is 14.3 Å². The van der Waals surface area contributed by atoms with Crippen LogP contribution in [0.4, 0.5) is 0 Å². The maximum Gasteiger partial charge on any atom is 0.180 e. The molecular formula is C14H29NO3. The van der Waals surface area contributed by atoms with E-state index in [1.165, 1.54) is 0 Å². The fourth-order valence-electron chi connectivity index (χ4n) is 1.83. The highest BCUT2D eigenvalue weighted by atomic mass is 16.6. The number of ether oxygens (including phenoxy) is 2. The minimum absolute atomic E-state index is 0.103. The molecule has 1 atom stereocenters. The molecule has 18 heavy (non-hydrogen) atoms. The fraction of sp³-hybridized carbons (Fsp3) is 0.929. The van der Waals surface area contributed by atoms with E-state index in [0.29, 0.717) is 6.61 Å². The molecular weight excluding hydrogens is 230 g/mol. The first-order chi connectivity index (χ1) is 7.77. The van der Waals surface area contributed by atoms with Gasteiger partial charge in [-0.1, -0.05) is 0 Å². The van der Waals surface area contributed by atoms with Gasteiger partial charge in [0.1, 0.15) is 5.60 Å². The summed E-state index contributed by atoms with van der Waals surface area (Å²) in [6.45, 7) is 15.4. The second-order valence-electron chi connectivity index (χ2n) is 6.93. The molecule has 1 unspecified atom stereocenters. The van der Waals surface area contributed by atoms with E-state index in [1.807, 2.05) is 34.6 Å². The van der Waals surface area contributed by atoms with E-state index in [0.717, 1.165) is 0 Å². The average Bonchev–Trinajstić information content (AvgIpc) is 2.10. The van der Waals surface area contributed by atoms with Crippen molar-refractivity contribution in [2.24, 2.45) is 5.73 Å². The first-order valence-electron chi connectivity index (χ1n) is 6.41. The van der Waals surface area contributed by atoms with Gasteiger partial charge < -0.3 is 15.2 Å². The van der Waals surface area contributed by atoms with Crippen LogP contribution >= 0.6 is 0 Å². The Hall–Kier alpha value is -0.450. The summed E-state index contributed by atoms with van der Waals surface area (Å²) in [7, 11) is 0. The van der Waals surface area contributed by atoms with E-state index >= 15 is 0 Å². The highest BCUT2D eigenvalue weighted by molar-refractivity contribution is 5.90. The van der Waals surface area contributed by atoms with E-state index in [1.54, 1.807) is 20.8 Å². The van der Waals surface area contributed by atoms with Crippen molar-refractivity contribution in [3.63, 3.8) is 0 Å². The topological polar surface area (TPSA) is 61.6 Å². The number of Topliss-reactive ketones (excluding diaryl/α,β-unsaturated/α-hetero) is 1. The summed E-state index contributed by atoms with van der Waals surface area (Å²) in [4.78, 5) is 11.9. The second-order valence-corrected chi connectivity index (χ2v) is 6.93. The Morgan fingerprint density at radius 2 is 1.56 bits per heavy atom. The molecule has 0 radical (unpaired) electrons. The molecule has 0 aromatic rings. The van der Waals surface area contributed by atoms with Gasteiger partial charge in [0.25, 0.3) is 0 Å². The molecule has 0 spiro atoms. The summed E-state index contributed by atoms with van der Waals surface area (Å²) in [5.74, 6) is -0.103. The molecule has 108 valence electrons. The van der Waals surface area contributed by atoms with Gasteiger partial charge in [0, 0.05) is 0 Å². The minimum atomic E-state index is -0.882. The Balaban J connectivity index is 4.52. The zero-order valence-corrected chi connectivity index (χ0v) is 13.1. The van der Waals surface area contributed by atoms with Crippen molar-refractivity contribution in [1.29, 1.82) is 0 Å². The molecule has 0 rings (SSSR count). The molecule has 0 aliphatic rings. The molecule has 0 aliphatic carbocycles. The lowest BCUT2D eigenvalue weighted by Gasteiger charge is -2.36. The van der Waals surface area contributed by atoms with Crippen LogP contribution in [0.1, 0.15) is 55.4 Å². The van der Waals surface area contributed by atoms with Crippen molar-refractivity contribution in [2.45, 2.75) is 78.2 Å². The van der Waals surface area contributed by atoms with Gasteiger partial charge in [0.15, 0.2) is 5.78 Å². The molecule has 4 nitrogen and oxygen atoms in total. The van der Waals surface area contributed by atoms with Gasteiger partial charge in [-0.2, -0.15) is 0 Å². The summed E-state index contributed by atoms with van der Waals surface area (Å²) in [6, 6.07) is -0.522. The first kappa shape index (κ1) is 17.6. The van der Waals surface area contributed by atoms with Gasteiger partial charge >= 0.3 is 0 Å². The summed E-state index contributed by atoms with van der Waals surface area (Å²) in [6.07, 6.45) is 0. The summed E-state index contributed by atoms with van der Waals surface area (Å²) < 4.78 is 11.6. The van der Waals surface area contributed by atoms with Crippen molar-refractivity contribution < 1.29 is 14.3 Å². The lowest BCUT2D eigenvalue weighted by Crippen LogP contribution is -2.48. The molecule has 0 saturated heterocycles. The van der Waals surface area contributed by atoms with Crippen LogP contribution in [0.5, 0.6) is 0 Å². The molecule has 4 heteroatoms. The predicted molar refractivity (Wildman–Crippen MR) is 73.6 cm³/mol. The van der Waals surface area contributed by atoms with Gasteiger partial charge in [-0.15, -0.1) is 0 Å². The van der Waals surface area contributed by atoms with Crippen molar-refractivity contribution in [3.8, 4) is 0 Å². The van der Waals surface area contributed by atoms with Crippen LogP contribution in [0.25, 0.3) is 0 Å². The number of nitrogens with two attached hydrogens (primary N) is 1. The number of hydrogen-bond donors (Lipinski definition) is 1. The number of ketones is 1. The fourth-order valence-corrected chi connectivity index (χ4v) is 1.83. The van der Waals surface area contributed by atoms with Crippen LogP contribution < -0.4 is 5.73 Å². The van der Waals surface area contributed by atoms with Gasteiger partial charge in [-0.25, -0.2) is 0 Å². The Morgan fingerprint density at radius 3 is 1.89 bits per heavy atom. The summed E-state index contributed by atoms with van der Waals surface area (Å²) >= 11 is 0. The van der Waals surface area contributed by atoms with Crippen LogP contribution in [0.2, 0.25) is 0 Å². The summed E-state index contributed by atoms with van der Waals surface area (Å²) in [5.41, 5.74) is 4.02. The standard InChI is InChI=1S/C14H29NO3/c1-10(15)11(16)14(7,8)17-9-13(5,6)18-12(2,3)4/h10H,9,15H2,1-8H3. The molecule has 0 aromatic heterocycles. The Kier molecular flexibility index (Phi) is 5.54. The number of carbonyl (C=O) groups is 1. The van der Waals surface area contributed by atoms with Crippen LogP contribution in [0.15, 0.2) is 0 Å². The van der Waals surface area contributed by atoms with E-state index in [-0.39, 0.29) is 11.4 Å². The van der Waals surface area contributed by atoms with Crippen molar-refractivity contribution in [3.05, 3.63) is 0 Å². The molecule has 0 bridgehead atoms. The van der Waals surface area contributed by atoms with E-state index in [2.05, 4.69) is 0 Å². The first-order valence-corrected chi connectivity index (χ1v) is 6.41. The number of rotatable bonds is 6. The normalized spacial score (nSPS) is 15.6. The Labute approximate surface area is 111 Å². The Morgan fingerprint density at radius 1 is 1.11 bits per heavy atom. The van der Waals surface area contributed by atoms with Crippen LogP contribution in [0, 0.1) is 0 Å². The maximum atomic E-state index is 11.9. The van der Waals surface area contributed by atoms with E-state index < -0.39 is 17.2 Å². The molecule has 0 aromatic carbocycles. The third kappa shape index (κ3) is 6.47. The highest BCUT2D eigenvalue weighted by Crippen LogP contribution is 2.23. The monoisotopic (exact) mass is 259 g/mol. The quantitative estimate of drug-likeness (QED) is 0.795. The largest absolute Gasteiger partial charge is 0.368 e. The van der Waals surface area contributed by atoms with Gasteiger partial charge in [-0.3, -0.25) is 4.79 Å². The predicted octanol–water partition coefficient (Wildman–Crippen LogP) is 2.29. The van der Waals surface area contributed by atoms with Gasteiger partial charge in [0.2, 0.25) is 0 Å². The third-order valence-electron chi connectivity index (χ3n) is 2.37. The van der Waals surface area contributed by atoms with E-state index in [9.17, 15) is 4.79 Å². The lowest BCUT2D eigenvalue weighted by molar-refractivity contribution is -0.174. The summed E-state index contributed by atoms with van der Waals surface area (Å²) in [5, 5.41) is 0. The average molecular weight is 259 g/mol. The van der Waals surface area contributed by atoms with Crippen molar-refractivity contribution >= 4 is 5.78 Å². The molecule has 0 fully saturated rings. The second kappa shape index (κ2) is 5.68. The zero-order valence-electron chi connectivity index (χ0n) is 13.1. The third-order valence-corrected chi connectivity index (χ3v) is 2.37. The maximum absolute atomic E-state index is 11.9. The molecule has 0 amide bonds. The zero-order chi connectivity index (χ0) is 14.8.